The van der Waals surface area contributed by atoms with Gasteiger partial charge >= 0.3 is 5.88 Å². The zero-order valence-electron chi connectivity index (χ0n) is 16.9. The predicted molar refractivity (Wildman–Crippen MR) is 122 cm³/mol. The molecule has 0 saturated heterocycles. The Kier molecular flexibility index (Phi) is 5.29. The van der Waals surface area contributed by atoms with Crippen molar-refractivity contribution in [2.75, 3.05) is 11.9 Å². The molecule has 1 N–H and O–H groups in total. The zero-order chi connectivity index (χ0) is 22.8. The van der Waals surface area contributed by atoms with E-state index in [0.29, 0.717) is 21.9 Å². The second-order valence-electron chi connectivity index (χ2n) is 6.89. The average molecular weight is 461 g/mol. The molecule has 1 aliphatic rings. The number of furan rings is 1. The molecule has 1 amide bonds. The Morgan fingerprint density at radius 2 is 2.00 bits per heavy atom. The Hall–Kier alpha value is -4.51. The SMILES string of the molecule is O=C1COc2ccc(-c3csc(=Nc4ccccc4)n3N=Cc3ccc([N+](=O)[O-])o3)cc2N1. The van der Waals surface area contributed by atoms with E-state index in [1.165, 1.54) is 29.7 Å². The van der Waals surface area contributed by atoms with Crippen LogP contribution in [0.4, 0.5) is 17.3 Å². The maximum atomic E-state index is 11.7. The Labute approximate surface area is 190 Å². The first-order chi connectivity index (χ1) is 16.1. The lowest BCUT2D eigenvalue weighted by Crippen LogP contribution is -2.25. The lowest BCUT2D eigenvalue weighted by Gasteiger charge is -2.18. The van der Waals surface area contributed by atoms with E-state index in [1.807, 2.05) is 41.8 Å². The molecule has 1 aliphatic heterocycles. The van der Waals surface area contributed by atoms with Gasteiger partial charge in [-0.1, -0.05) is 18.2 Å². The summed E-state index contributed by atoms with van der Waals surface area (Å²) in [5.41, 5.74) is 2.78. The van der Waals surface area contributed by atoms with Crippen LogP contribution in [0.3, 0.4) is 0 Å². The third kappa shape index (κ3) is 4.29. The minimum Gasteiger partial charge on any atom is -0.482 e. The van der Waals surface area contributed by atoms with E-state index in [4.69, 9.17) is 9.15 Å². The number of aromatic nitrogens is 1. The summed E-state index contributed by atoms with van der Waals surface area (Å²) in [5.74, 6) is 0.213. The van der Waals surface area contributed by atoms with Crippen LogP contribution in [0.5, 0.6) is 5.75 Å². The van der Waals surface area contributed by atoms with Crippen LogP contribution in [0.25, 0.3) is 11.3 Å². The molecule has 10 nitrogen and oxygen atoms in total. The van der Waals surface area contributed by atoms with Gasteiger partial charge in [-0.2, -0.15) is 5.10 Å². The third-order valence-electron chi connectivity index (χ3n) is 4.67. The molecule has 0 saturated carbocycles. The summed E-state index contributed by atoms with van der Waals surface area (Å²) in [6.07, 6.45) is 1.39. The number of anilines is 1. The van der Waals surface area contributed by atoms with Crippen LogP contribution < -0.4 is 14.9 Å². The number of carbonyl (C=O) groups excluding carboxylic acids is 1. The van der Waals surface area contributed by atoms with E-state index >= 15 is 0 Å². The quantitative estimate of drug-likeness (QED) is 0.271. The fourth-order valence-corrected chi connectivity index (χ4v) is 4.02. The first-order valence-corrected chi connectivity index (χ1v) is 10.6. The van der Waals surface area contributed by atoms with Crippen molar-refractivity contribution in [3.8, 4) is 17.0 Å². The van der Waals surface area contributed by atoms with Crippen LogP contribution in [0.1, 0.15) is 5.76 Å². The Bertz CT molecular complexity index is 1450. The molecule has 2 aromatic heterocycles. The number of hydrogen-bond acceptors (Lipinski definition) is 8. The molecule has 33 heavy (non-hydrogen) atoms. The van der Waals surface area contributed by atoms with Gasteiger partial charge in [0.1, 0.15) is 10.7 Å². The van der Waals surface area contributed by atoms with E-state index in [0.717, 1.165) is 11.3 Å². The van der Waals surface area contributed by atoms with Crippen molar-refractivity contribution in [3.05, 3.63) is 86.7 Å². The van der Waals surface area contributed by atoms with Gasteiger partial charge in [0.15, 0.2) is 12.4 Å². The van der Waals surface area contributed by atoms with Gasteiger partial charge in [-0.15, -0.1) is 11.3 Å². The van der Waals surface area contributed by atoms with E-state index in [-0.39, 0.29) is 24.2 Å². The van der Waals surface area contributed by atoms with Crippen LogP contribution in [0, 0.1) is 10.1 Å². The monoisotopic (exact) mass is 461 g/mol. The van der Waals surface area contributed by atoms with Crippen molar-refractivity contribution >= 4 is 40.7 Å². The zero-order valence-corrected chi connectivity index (χ0v) is 17.7. The summed E-state index contributed by atoms with van der Waals surface area (Å²) < 4.78 is 12.2. The standard InChI is InChI=1S/C22H15N5O5S/c28-20-12-31-19-8-6-14(10-17(19)25-20)18-13-33-22(24-15-4-2-1-3-5-15)26(18)23-11-16-7-9-21(32-16)27(29)30/h1-11,13H,12H2,(H,25,28). The number of nitrogens with one attached hydrogen (secondary N) is 1. The van der Waals surface area contributed by atoms with Crippen molar-refractivity contribution in [1.82, 2.24) is 4.68 Å². The number of fused-ring (bicyclic) bond motifs is 1. The highest BCUT2D eigenvalue weighted by Gasteiger charge is 2.18. The maximum Gasteiger partial charge on any atom is 0.433 e. The molecule has 0 bridgehead atoms. The normalized spacial score (nSPS) is 13.6. The average Bonchev–Trinajstić information content (AvgIpc) is 3.45. The summed E-state index contributed by atoms with van der Waals surface area (Å²) in [6.45, 7) is -0.0233. The molecular weight excluding hydrogens is 446 g/mol. The second kappa shape index (κ2) is 8.55. The summed E-state index contributed by atoms with van der Waals surface area (Å²) in [7, 11) is 0. The lowest BCUT2D eigenvalue weighted by atomic mass is 10.1. The fourth-order valence-electron chi connectivity index (χ4n) is 3.17. The van der Waals surface area contributed by atoms with Gasteiger partial charge in [0.2, 0.25) is 4.80 Å². The van der Waals surface area contributed by atoms with E-state index < -0.39 is 4.92 Å². The summed E-state index contributed by atoms with van der Waals surface area (Å²) >= 11 is 1.37. The molecule has 0 atom stereocenters. The minimum atomic E-state index is -0.611. The van der Waals surface area contributed by atoms with Gasteiger partial charge < -0.3 is 14.5 Å². The molecule has 0 aliphatic carbocycles. The molecule has 0 radical (unpaired) electrons. The summed E-state index contributed by atoms with van der Waals surface area (Å²) in [5, 5.41) is 20.1. The van der Waals surface area contributed by atoms with Crippen LogP contribution in [0.15, 0.2) is 80.6 Å². The topological polar surface area (TPSA) is 124 Å². The van der Waals surface area contributed by atoms with Crippen LogP contribution in [0.2, 0.25) is 0 Å². The van der Waals surface area contributed by atoms with E-state index in [9.17, 15) is 14.9 Å². The first kappa shape index (κ1) is 20.4. The van der Waals surface area contributed by atoms with Gasteiger partial charge in [-0.3, -0.25) is 14.9 Å². The van der Waals surface area contributed by atoms with Crippen molar-refractivity contribution in [1.29, 1.82) is 0 Å². The number of rotatable bonds is 5. The second-order valence-corrected chi connectivity index (χ2v) is 7.72. The fraction of sp³-hybridized carbons (Fsp3) is 0.0455. The van der Waals surface area contributed by atoms with Crippen molar-refractivity contribution in [2.45, 2.75) is 0 Å². The van der Waals surface area contributed by atoms with E-state index in [1.54, 1.807) is 16.8 Å². The Morgan fingerprint density at radius 1 is 1.15 bits per heavy atom. The van der Waals surface area contributed by atoms with Crippen molar-refractivity contribution < 1.29 is 18.9 Å². The number of para-hydroxylation sites is 1. The Morgan fingerprint density at radius 3 is 2.79 bits per heavy atom. The van der Waals surface area contributed by atoms with Crippen LogP contribution in [-0.2, 0) is 4.79 Å². The van der Waals surface area contributed by atoms with Gasteiger partial charge in [0.25, 0.3) is 5.91 Å². The molecule has 0 unspecified atom stereocenters. The highest BCUT2D eigenvalue weighted by Crippen LogP contribution is 2.33. The number of carbonyl (C=O) groups is 1. The van der Waals surface area contributed by atoms with Crippen molar-refractivity contribution in [3.63, 3.8) is 0 Å². The number of hydrogen-bond donors (Lipinski definition) is 1. The molecule has 11 heteroatoms. The van der Waals surface area contributed by atoms with E-state index in [2.05, 4.69) is 15.4 Å². The summed E-state index contributed by atoms with van der Waals surface area (Å²) in [4.78, 5) is 27.2. The maximum absolute atomic E-state index is 11.7. The number of thiazole rings is 1. The largest absolute Gasteiger partial charge is 0.482 e. The molecular formula is C22H15N5O5S. The number of amides is 1. The van der Waals surface area contributed by atoms with Gasteiger partial charge in [-0.25, -0.2) is 9.67 Å². The number of ether oxygens (including phenoxy) is 1. The van der Waals surface area contributed by atoms with Gasteiger partial charge in [0.05, 0.1) is 29.3 Å². The van der Waals surface area contributed by atoms with Gasteiger partial charge in [-0.05, 0) is 36.4 Å². The smallest absolute Gasteiger partial charge is 0.433 e. The minimum absolute atomic E-state index is 0.0233. The molecule has 164 valence electrons. The highest BCUT2D eigenvalue weighted by atomic mass is 32.1. The van der Waals surface area contributed by atoms with Crippen LogP contribution in [-0.4, -0.2) is 28.3 Å². The lowest BCUT2D eigenvalue weighted by molar-refractivity contribution is -0.402. The van der Waals surface area contributed by atoms with Gasteiger partial charge in [0, 0.05) is 10.9 Å². The first-order valence-electron chi connectivity index (χ1n) is 9.73. The molecule has 2 aromatic carbocycles. The van der Waals surface area contributed by atoms with Crippen molar-refractivity contribution in [2.24, 2.45) is 10.1 Å². The predicted octanol–water partition coefficient (Wildman–Crippen LogP) is 4.16. The Balaban J connectivity index is 1.60. The number of nitrogens with zero attached hydrogens (tertiary/aromatic N) is 4. The summed E-state index contributed by atoms with van der Waals surface area (Å²) in [6, 6.07) is 17.6. The third-order valence-corrected chi connectivity index (χ3v) is 5.48. The molecule has 0 fully saturated rings. The highest BCUT2D eigenvalue weighted by molar-refractivity contribution is 7.07. The molecule has 5 rings (SSSR count). The number of benzene rings is 2. The van der Waals surface area contributed by atoms with Crippen LogP contribution >= 0.6 is 11.3 Å². The molecule has 3 heterocycles. The molecule has 0 spiro atoms. The number of nitro groups is 1. The molecule has 4 aromatic rings.